The second-order valence-electron chi connectivity index (χ2n) is 5.13. The minimum Gasteiger partial charge on any atom is -0.344 e. The number of nitrogens with zero attached hydrogens (tertiary/aromatic N) is 2. The standard InChI is InChI=1S/C17H18BrFN2O/c1-21(11-8-13-6-9-20-10-7-13)17(22)15(18)12-14-4-2-3-5-16(14)19/h2-7,9-10,15H,8,11-12H2,1H3. The number of hydrogen-bond acceptors (Lipinski definition) is 2. The van der Waals surface area contributed by atoms with Crippen LogP contribution in [0.5, 0.6) is 0 Å². The molecular weight excluding hydrogens is 347 g/mol. The molecule has 1 unspecified atom stereocenters. The van der Waals surface area contributed by atoms with Crippen LogP contribution in [0.3, 0.4) is 0 Å². The summed E-state index contributed by atoms with van der Waals surface area (Å²) in [7, 11) is 1.76. The van der Waals surface area contributed by atoms with Crippen molar-refractivity contribution >= 4 is 21.8 Å². The molecule has 3 nitrogen and oxygen atoms in total. The number of carbonyl (C=O) groups is 1. The third-order valence-electron chi connectivity index (χ3n) is 3.49. The number of pyridine rings is 1. The van der Waals surface area contributed by atoms with Crippen molar-refractivity contribution in [1.29, 1.82) is 0 Å². The van der Waals surface area contributed by atoms with Gasteiger partial charge in [-0.1, -0.05) is 34.1 Å². The predicted octanol–water partition coefficient (Wildman–Crippen LogP) is 3.23. The van der Waals surface area contributed by atoms with E-state index in [4.69, 9.17) is 0 Å². The monoisotopic (exact) mass is 364 g/mol. The van der Waals surface area contributed by atoms with Gasteiger partial charge in [-0.2, -0.15) is 0 Å². The van der Waals surface area contributed by atoms with Crippen LogP contribution in [0.2, 0.25) is 0 Å². The molecule has 0 saturated carbocycles. The summed E-state index contributed by atoms with van der Waals surface area (Å²) in [5, 5.41) is 0. The van der Waals surface area contributed by atoms with E-state index in [1.807, 2.05) is 12.1 Å². The molecule has 1 aromatic heterocycles. The van der Waals surface area contributed by atoms with Crippen molar-refractivity contribution in [1.82, 2.24) is 9.88 Å². The molecular formula is C17H18BrFN2O. The maximum Gasteiger partial charge on any atom is 0.236 e. The van der Waals surface area contributed by atoms with Gasteiger partial charge >= 0.3 is 0 Å². The van der Waals surface area contributed by atoms with E-state index in [0.29, 0.717) is 18.5 Å². The lowest BCUT2D eigenvalue weighted by Crippen LogP contribution is -2.35. The summed E-state index contributed by atoms with van der Waals surface area (Å²) in [4.78, 5) is 17.5. The van der Waals surface area contributed by atoms with Crippen LogP contribution in [0.25, 0.3) is 0 Å². The molecule has 0 spiro atoms. The molecule has 0 saturated heterocycles. The first kappa shape index (κ1) is 16.6. The van der Waals surface area contributed by atoms with Crippen molar-refractivity contribution in [2.75, 3.05) is 13.6 Å². The number of likely N-dealkylation sites (N-methyl/N-ethyl adjacent to an activating group) is 1. The maximum atomic E-state index is 13.6. The Labute approximate surface area is 138 Å². The van der Waals surface area contributed by atoms with E-state index in [0.717, 1.165) is 12.0 Å². The number of benzene rings is 1. The van der Waals surface area contributed by atoms with Gasteiger partial charge in [-0.3, -0.25) is 9.78 Å². The van der Waals surface area contributed by atoms with E-state index >= 15 is 0 Å². The first-order chi connectivity index (χ1) is 10.6. The zero-order valence-corrected chi connectivity index (χ0v) is 14.0. The second kappa shape index (κ2) is 8.03. The van der Waals surface area contributed by atoms with Gasteiger partial charge in [0.25, 0.3) is 0 Å². The van der Waals surface area contributed by atoms with Crippen LogP contribution in [0, 0.1) is 5.82 Å². The first-order valence-corrected chi connectivity index (χ1v) is 8.01. The topological polar surface area (TPSA) is 33.2 Å². The smallest absolute Gasteiger partial charge is 0.236 e. The summed E-state index contributed by atoms with van der Waals surface area (Å²) >= 11 is 3.37. The van der Waals surface area contributed by atoms with E-state index < -0.39 is 4.83 Å². The Morgan fingerprint density at radius 3 is 2.64 bits per heavy atom. The average molecular weight is 365 g/mol. The maximum absolute atomic E-state index is 13.6. The largest absolute Gasteiger partial charge is 0.344 e. The highest BCUT2D eigenvalue weighted by atomic mass is 79.9. The number of aromatic nitrogens is 1. The van der Waals surface area contributed by atoms with Gasteiger partial charge in [0.15, 0.2) is 0 Å². The highest BCUT2D eigenvalue weighted by molar-refractivity contribution is 9.10. The SMILES string of the molecule is CN(CCc1ccncc1)C(=O)C(Br)Cc1ccccc1F. The molecule has 116 valence electrons. The lowest BCUT2D eigenvalue weighted by Gasteiger charge is -2.20. The van der Waals surface area contributed by atoms with Crippen LogP contribution in [0.4, 0.5) is 4.39 Å². The van der Waals surface area contributed by atoms with Crippen LogP contribution in [-0.4, -0.2) is 34.2 Å². The van der Waals surface area contributed by atoms with Crippen LogP contribution in [0.1, 0.15) is 11.1 Å². The van der Waals surface area contributed by atoms with Gasteiger partial charge in [-0.25, -0.2) is 4.39 Å². The molecule has 1 amide bonds. The number of alkyl halides is 1. The molecule has 0 radical (unpaired) electrons. The molecule has 2 rings (SSSR count). The van der Waals surface area contributed by atoms with Gasteiger partial charge < -0.3 is 4.90 Å². The highest BCUT2D eigenvalue weighted by Crippen LogP contribution is 2.15. The van der Waals surface area contributed by atoms with E-state index in [1.165, 1.54) is 6.07 Å². The lowest BCUT2D eigenvalue weighted by molar-refractivity contribution is -0.129. The molecule has 5 heteroatoms. The molecule has 0 bridgehead atoms. The summed E-state index contributed by atoms with van der Waals surface area (Å²) in [5.74, 6) is -0.323. The molecule has 0 N–H and O–H groups in total. The van der Waals surface area contributed by atoms with Crippen molar-refractivity contribution in [3.05, 3.63) is 65.7 Å². The zero-order valence-electron chi connectivity index (χ0n) is 12.4. The third kappa shape index (κ3) is 4.63. The van der Waals surface area contributed by atoms with Crippen molar-refractivity contribution in [2.24, 2.45) is 0 Å². The Kier molecular flexibility index (Phi) is 6.07. The molecule has 0 aliphatic carbocycles. The molecule has 1 aromatic carbocycles. The quantitative estimate of drug-likeness (QED) is 0.737. The summed E-state index contributed by atoms with van der Waals surface area (Å²) in [6.45, 7) is 0.613. The number of rotatable bonds is 6. The molecule has 0 aliphatic rings. The second-order valence-corrected chi connectivity index (χ2v) is 6.23. The zero-order chi connectivity index (χ0) is 15.9. The van der Waals surface area contributed by atoms with Crippen LogP contribution in [-0.2, 0) is 17.6 Å². The van der Waals surface area contributed by atoms with Gasteiger partial charge in [0, 0.05) is 26.0 Å². The van der Waals surface area contributed by atoms with Crippen molar-refractivity contribution in [2.45, 2.75) is 17.7 Å². The number of carbonyl (C=O) groups excluding carboxylic acids is 1. The van der Waals surface area contributed by atoms with Gasteiger partial charge in [0.1, 0.15) is 5.82 Å². The van der Waals surface area contributed by atoms with Gasteiger partial charge in [0.05, 0.1) is 4.83 Å². The summed E-state index contributed by atoms with van der Waals surface area (Å²) < 4.78 is 13.6. The summed E-state index contributed by atoms with van der Waals surface area (Å²) in [6.07, 6.45) is 4.58. The predicted molar refractivity (Wildman–Crippen MR) is 88.4 cm³/mol. The van der Waals surface area contributed by atoms with Gasteiger partial charge in [-0.05, 0) is 42.2 Å². The van der Waals surface area contributed by atoms with Crippen molar-refractivity contribution in [3.8, 4) is 0 Å². The van der Waals surface area contributed by atoms with Gasteiger partial charge in [0.2, 0.25) is 5.91 Å². The Morgan fingerprint density at radius 1 is 1.27 bits per heavy atom. The summed E-state index contributed by atoms with van der Waals surface area (Å²) in [5.41, 5.74) is 1.68. The fraction of sp³-hybridized carbons (Fsp3) is 0.294. The molecule has 0 aliphatic heterocycles. The third-order valence-corrected chi connectivity index (χ3v) is 4.20. The molecule has 1 heterocycles. The normalized spacial score (nSPS) is 12.0. The minimum absolute atomic E-state index is 0.0442. The number of hydrogen-bond donors (Lipinski definition) is 0. The highest BCUT2D eigenvalue weighted by Gasteiger charge is 2.20. The van der Waals surface area contributed by atoms with Crippen LogP contribution >= 0.6 is 15.9 Å². The van der Waals surface area contributed by atoms with E-state index in [9.17, 15) is 9.18 Å². The van der Waals surface area contributed by atoms with E-state index in [-0.39, 0.29) is 11.7 Å². The summed E-state index contributed by atoms with van der Waals surface area (Å²) in [6, 6.07) is 10.4. The molecule has 1 atom stereocenters. The van der Waals surface area contributed by atoms with E-state index in [1.54, 1.807) is 42.5 Å². The van der Waals surface area contributed by atoms with Crippen molar-refractivity contribution < 1.29 is 9.18 Å². The van der Waals surface area contributed by atoms with Gasteiger partial charge in [-0.15, -0.1) is 0 Å². The lowest BCUT2D eigenvalue weighted by atomic mass is 10.1. The number of halogens is 2. The van der Waals surface area contributed by atoms with Crippen LogP contribution in [0.15, 0.2) is 48.8 Å². The molecule has 22 heavy (non-hydrogen) atoms. The van der Waals surface area contributed by atoms with Crippen molar-refractivity contribution in [3.63, 3.8) is 0 Å². The number of amides is 1. The Bertz CT molecular complexity index is 621. The first-order valence-electron chi connectivity index (χ1n) is 7.09. The Balaban J connectivity index is 1.88. The minimum atomic E-state index is -0.424. The fourth-order valence-electron chi connectivity index (χ4n) is 2.14. The Hall–Kier alpha value is -1.75. The Morgan fingerprint density at radius 2 is 1.95 bits per heavy atom. The van der Waals surface area contributed by atoms with Crippen LogP contribution < -0.4 is 0 Å². The van der Waals surface area contributed by atoms with E-state index in [2.05, 4.69) is 20.9 Å². The molecule has 0 fully saturated rings. The fourth-order valence-corrected chi connectivity index (χ4v) is 2.84. The average Bonchev–Trinajstić information content (AvgIpc) is 2.55. The molecule has 2 aromatic rings.